The van der Waals surface area contributed by atoms with Gasteiger partial charge < -0.3 is 14.1 Å². The summed E-state index contributed by atoms with van der Waals surface area (Å²) in [5.41, 5.74) is 0.424. The van der Waals surface area contributed by atoms with Crippen LogP contribution in [0.15, 0.2) is 35.3 Å². The number of fused-ring (bicyclic) bond motifs is 1. The summed E-state index contributed by atoms with van der Waals surface area (Å²) in [5.74, 6) is -1.19. The zero-order valence-electron chi connectivity index (χ0n) is 23.6. The fourth-order valence-electron chi connectivity index (χ4n) is 4.50. The van der Waals surface area contributed by atoms with E-state index in [1.54, 1.807) is 25.1 Å². The number of hydrogen-bond donors (Lipinski definition) is 1. The van der Waals surface area contributed by atoms with Crippen molar-refractivity contribution in [1.29, 1.82) is 0 Å². The van der Waals surface area contributed by atoms with E-state index in [9.17, 15) is 18.8 Å². The molecule has 0 bridgehead atoms. The molecule has 3 rings (SSSR count). The molecule has 1 N–H and O–H groups in total. The number of hydrogen-bond acceptors (Lipinski definition) is 5. The van der Waals surface area contributed by atoms with E-state index in [0.717, 1.165) is 6.42 Å². The number of carbonyl (C=O) groups is 1. The molecule has 0 spiro atoms. The molecule has 2 aromatic heterocycles. The van der Waals surface area contributed by atoms with E-state index < -0.39 is 25.5 Å². The Labute approximate surface area is 240 Å². The van der Waals surface area contributed by atoms with Gasteiger partial charge in [-0.3, -0.25) is 4.79 Å². The van der Waals surface area contributed by atoms with E-state index in [0.29, 0.717) is 17.6 Å². The average Bonchev–Trinajstić information content (AvgIpc) is 2.83. The van der Waals surface area contributed by atoms with Gasteiger partial charge in [0.1, 0.15) is 16.9 Å². The lowest BCUT2D eigenvalue weighted by Crippen LogP contribution is -2.39. The molecule has 0 fully saturated rings. The van der Waals surface area contributed by atoms with Crippen LogP contribution in [0.3, 0.4) is 0 Å². The Kier molecular flexibility index (Phi) is 9.69. The molecule has 0 saturated carbocycles. The van der Waals surface area contributed by atoms with Crippen LogP contribution in [0.4, 0.5) is 4.39 Å². The normalized spacial score (nSPS) is 13.2. The number of aromatic nitrogens is 2. The molecule has 3 aromatic rings. The lowest BCUT2D eigenvalue weighted by Gasteiger charge is -2.37. The number of esters is 1. The zero-order valence-corrected chi connectivity index (χ0v) is 26.1. The Bertz CT molecular complexity index is 1430. The van der Waals surface area contributed by atoms with Crippen molar-refractivity contribution < 1.29 is 18.7 Å². The van der Waals surface area contributed by atoms with Crippen LogP contribution in [0.1, 0.15) is 75.1 Å². The molecule has 0 aliphatic heterocycles. The van der Waals surface area contributed by atoms with Gasteiger partial charge in [-0.2, -0.15) is 0 Å². The summed E-state index contributed by atoms with van der Waals surface area (Å²) in [5, 5.41) is -0.0120. The minimum Gasteiger partial charge on any atom is -0.462 e. The van der Waals surface area contributed by atoms with Crippen LogP contribution in [0.25, 0.3) is 11.0 Å². The number of benzene rings is 1. The molecule has 39 heavy (non-hydrogen) atoms. The third kappa shape index (κ3) is 6.73. The molecule has 0 saturated heterocycles. The SMILES string of the molecule is CCOC(=O)c1cn([C@H](CCC(C)(C)[Si](C)(C)O)C(C)C)c2cc(Cl)c(Cc3cccc(Cl)c3F)nc2c1=O. The zero-order chi connectivity index (χ0) is 29.3. The van der Waals surface area contributed by atoms with Crippen molar-refractivity contribution in [3.05, 3.63) is 73.4 Å². The highest BCUT2D eigenvalue weighted by atomic mass is 35.5. The first-order chi connectivity index (χ1) is 18.1. The predicted molar refractivity (Wildman–Crippen MR) is 158 cm³/mol. The lowest BCUT2D eigenvalue weighted by atomic mass is 9.94. The highest BCUT2D eigenvalue weighted by Crippen LogP contribution is 2.43. The van der Waals surface area contributed by atoms with E-state index in [1.807, 2.05) is 17.7 Å². The number of ether oxygens (including phenoxy) is 1. The summed E-state index contributed by atoms with van der Waals surface area (Å²) in [6.45, 7) is 13.9. The van der Waals surface area contributed by atoms with Gasteiger partial charge in [-0.05, 0) is 61.5 Å². The summed E-state index contributed by atoms with van der Waals surface area (Å²) >= 11 is 12.6. The van der Waals surface area contributed by atoms with Crippen LogP contribution in [0.2, 0.25) is 28.2 Å². The molecule has 0 aliphatic rings. The monoisotopic (exact) mass is 594 g/mol. The summed E-state index contributed by atoms with van der Waals surface area (Å²) in [7, 11) is -2.46. The lowest BCUT2D eigenvalue weighted by molar-refractivity contribution is 0.0523. The molecule has 1 atom stereocenters. The topological polar surface area (TPSA) is 81.4 Å². The molecule has 10 heteroatoms. The predicted octanol–water partition coefficient (Wildman–Crippen LogP) is 7.56. The van der Waals surface area contributed by atoms with Crippen molar-refractivity contribution in [2.24, 2.45) is 5.92 Å². The Morgan fingerprint density at radius 2 is 1.90 bits per heavy atom. The largest absolute Gasteiger partial charge is 0.462 e. The van der Waals surface area contributed by atoms with E-state index in [2.05, 4.69) is 32.7 Å². The molecule has 0 radical (unpaired) electrons. The maximum atomic E-state index is 14.6. The highest BCUT2D eigenvalue weighted by molar-refractivity contribution is 6.72. The van der Waals surface area contributed by atoms with Gasteiger partial charge in [0.15, 0.2) is 8.32 Å². The van der Waals surface area contributed by atoms with Crippen LogP contribution >= 0.6 is 23.2 Å². The number of nitrogens with zero attached hydrogens (tertiary/aromatic N) is 2. The molecule has 0 amide bonds. The first-order valence-corrected chi connectivity index (χ1v) is 16.9. The third-order valence-electron chi connectivity index (χ3n) is 7.77. The van der Waals surface area contributed by atoms with Crippen molar-refractivity contribution >= 4 is 48.5 Å². The molecule has 0 aliphatic carbocycles. The summed E-state index contributed by atoms with van der Waals surface area (Å²) in [6, 6.07) is 6.19. The maximum absolute atomic E-state index is 14.6. The molecular weight excluding hydrogens is 558 g/mol. The van der Waals surface area contributed by atoms with E-state index in [4.69, 9.17) is 27.9 Å². The highest BCUT2D eigenvalue weighted by Gasteiger charge is 2.38. The molecule has 0 unspecified atom stereocenters. The van der Waals surface area contributed by atoms with Crippen molar-refractivity contribution in [3.8, 4) is 0 Å². The van der Waals surface area contributed by atoms with E-state index in [1.165, 1.54) is 12.3 Å². The third-order valence-corrected chi connectivity index (χ3v) is 11.9. The standard InChI is InChI=1S/C29H37Cl2FN2O4Si/c1-8-38-28(36)19-16-34(23(17(2)3)12-13-29(4,5)39(6,7)37)24-15-21(31)22(33-26(24)27(19)35)14-18-10-9-11-20(30)25(18)32/h9-11,15-17,23,37H,8,12-14H2,1-7H3/t23-/m1/s1. The first-order valence-electron chi connectivity index (χ1n) is 13.2. The minimum absolute atomic E-state index is 0.0161. The van der Waals surface area contributed by atoms with Crippen LogP contribution in [0, 0.1) is 11.7 Å². The van der Waals surface area contributed by atoms with E-state index >= 15 is 0 Å². The number of pyridine rings is 2. The second kappa shape index (κ2) is 12.1. The van der Waals surface area contributed by atoms with Crippen LogP contribution in [-0.4, -0.2) is 35.2 Å². The second-order valence-electron chi connectivity index (χ2n) is 11.5. The number of carbonyl (C=O) groups excluding carboxylic acids is 1. The van der Waals surface area contributed by atoms with E-state index in [-0.39, 0.29) is 56.7 Å². The smallest absolute Gasteiger partial charge is 0.343 e. The van der Waals surface area contributed by atoms with Crippen LogP contribution < -0.4 is 5.43 Å². The van der Waals surface area contributed by atoms with Crippen molar-refractivity contribution in [3.63, 3.8) is 0 Å². The van der Waals surface area contributed by atoms with Crippen LogP contribution in [-0.2, 0) is 11.2 Å². The Hall–Kier alpha value is -2.26. The first kappa shape index (κ1) is 31.3. The maximum Gasteiger partial charge on any atom is 0.343 e. The minimum atomic E-state index is -2.46. The molecule has 6 nitrogen and oxygen atoms in total. The van der Waals surface area contributed by atoms with Crippen LogP contribution in [0.5, 0.6) is 0 Å². The Morgan fingerprint density at radius 3 is 2.49 bits per heavy atom. The van der Waals surface area contributed by atoms with Crippen molar-refractivity contribution in [1.82, 2.24) is 9.55 Å². The number of rotatable bonds is 10. The molecular formula is C29H37Cl2FN2O4Si. The summed E-state index contributed by atoms with van der Waals surface area (Å²) < 4.78 is 21.7. The quantitative estimate of drug-likeness (QED) is 0.193. The fraction of sp³-hybridized carbons (Fsp3) is 0.483. The molecule has 1 aromatic carbocycles. The van der Waals surface area contributed by atoms with Gasteiger partial charge >= 0.3 is 5.97 Å². The van der Waals surface area contributed by atoms with Crippen molar-refractivity contribution in [2.75, 3.05) is 6.61 Å². The number of halogens is 3. The van der Waals surface area contributed by atoms with Gasteiger partial charge in [0, 0.05) is 18.7 Å². The Balaban J connectivity index is 2.23. The van der Waals surface area contributed by atoms with Gasteiger partial charge in [0.25, 0.3) is 0 Å². The molecule has 212 valence electrons. The average molecular weight is 596 g/mol. The summed E-state index contributed by atoms with van der Waals surface area (Å²) in [4.78, 5) is 41.8. The second-order valence-corrected chi connectivity index (χ2v) is 16.8. The van der Waals surface area contributed by atoms with Gasteiger partial charge in [-0.25, -0.2) is 14.2 Å². The van der Waals surface area contributed by atoms with Gasteiger partial charge in [0.05, 0.1) is 27.9 Å². The van der Waals surface area contributed by atoms with Gasteiger partial charge in [-0.15, -0.1) is 0 Å². The molecule has 2 heterocycles. The summed E-state index contributed by atoms with van der Waals surface area (Å²) in [6.07, 6.45) is 2.98. The van der Waals surface area contributed by atoms with Gasteiger partial charge in [-0.1, -0.05) is 63.0 Å². The van der Waals surface area contributed by atoms with Gasteiger partial charge in [0.2, 0.25) is 5.43 Å². The van der Waals surface area contributed by atoms with Crippen molar-refractivity contribution in [2.45, 2.75) is 78.1 Å². The fourth-order valence-corrected chi connectivity index (χ4v) is 5.66. The Morgan fingerprint density at radius 1 is 1.23 bits per heavy atom.